The first-order valence-electron chi connectivity index (χ1n) is 18.7. The van der Waals surface area contributed by atoms with Crippen molar-refractivity contribution < 1.29 is 14.3 Å². The predicted octanol–water partition coefficient (Wildman–Crippen LogP) is 7.25. The number of thiophene rings is 2. The van der Waals surface area contributed by atoms with Crippen molar-refractivity contribution in [1.29, 1.82) is 0 Å². The third-order valence-corrected chi connectivity index (χ3v) is 13.3. The van der Waals surface area contributed by atoms with Crippen LogP contribution in [0, 0.1) is 0 Å². The maximum atomic E-state index is 13.1. The van der Waals surface area contributed by atoms with Gasteiger partial charge in [-0.3, -0.25) is 19.4 Å². The maximum absolute atomic E-state index is 13.1. The van der Waals surface area contributed by atoms with Gasteiger partial charge in [-0.1, -0.05) is 19.1 Å². The molecule has 0 aromatic carbocycles. The number of hydrogen-bond donors (Lipinski definition) is 0. The summed E-state index contributed by atoms with van der Waals surface area (Å²) in [7, 11) is 0. The van der Waals surface area contributed by atoms with Crippen LogP contribution in [0.25, 0.3) is 23.0 Å². The maximum Gasteiger partial charge on any atom is 0.270 e. The van der Waals surface area contributed by atoms with E-state index in [-0.39, 0.29) is 11.8 Å². The molecule has 2 amide bonds. The summed E-state index contributed by atoms with van der Waals surface area (Å²) in [6.07, 6.45) is 11.2. The largest absolute Gasteiger partial charge is 0.381 e. The van der Waals surface area contributed by atoms with Crippen LogP contribution in [0.4, 0.5) is 11.6 Å². The zero-order chi connectivity index (χ0) is 36.3. The molecule has 0 N–H and O–H groups in total. The Labute approximate surface area is 319 Å². The molecule has 54 heavy (non-hydrogen) atoms. The number of carbonyl (C=O) groups excluding carboxylic acids is 2. The van der Waals surface area contributed by atoms with Gasteiger partial charge in [0, 0.05) is 35.1 Å². The summed E-state index contributed by atoms with van der Waals surface area (Å²) in [6.45, 7) is 4.92. The van der Waals surface area contributed by atoms with Gasteiger partial charge in [0.1, 0.15) is 35.7 Å². The third kappa shape index (κ3) is 6.13. The van der Waals surface area contributed by atoms with Crippen molar-refractivity contribution in [2.75, 3.05) is 23.0 Å². The lowest BCUT2D eigenvalue weighted by molar-refractivity contribution is 0.0860. The molecule has 1 saturated heterocycles. The number of rotatable bonds is 8. The lowest BCUT2D eigenvalue weighted by atomic mass is 9.98. The number of aromatic nitrogens is 8. The van der Waals surface area contributed by atoms with E-state index in [0.29, 0.717) is 42.7 Å². The highest BCUT2D eigenvalue weighted by Gasteiger charge is 2.35. The number of ether oxygens (including phenoxy) is 1. The molecule has 15 heteroatoms. The second-order valence-corrected chi connectivity index (χ2v) is 16.7. The molecular formula is C39H38N10O3S2. The molecule has 5 aliphatic rings. The van der Waals surface area contributed by atoms with E-state index in [9.17, 15) is 9.59 Å². The smallest absolute Gasteiger partial charge is 0.270 e. The Morgan fingerprint density at radius 1 is 0.704 bits per heavy atom. The molecule has 2 saturated carbocycles. The summed E-state index contributed by atoms with van der Waals surface area (Å²) < 4.78 is 9.65. The van der Waals surface area contributed by atoms with Crippen LogP contribution in [-0.4, -0.2) is 64.5 Å². The average molecular weight is 759 g/mol. The van der Waals surface area contributed by atoms with Gasteiger partial charge in [0.15, 0.2) is 11.6 Å². The van der Waals surface area contributed by atoms with Crippen molar-refractivity contribution in [3.63, 3.8) is 0 Å². The fourth-order valence-electron chi connectivity index (χ4n) is 7.48. The fourth-order valence-corrected chi connectivity index (χ4v) is 9.83. The Morgan fingerprint density at radius 2 is 1.24 bits per heavy atom. The van der Waals surface area contributed by atoms with Crippen LogP contribution >= 0.6 is 22.7 Å². The van der Waals surface area contributed by atoms with Crippen molar-refractivity contribution in [2.24, 2.45) is 0 Å². The summed E-state index contributed by atoms with van der Waals surface area (Å²) in [5.74, 6) is 3.53. The van der Waals surface area contributed by atoms with E-state index in [1.54, 1.807) is 45.1 Å². The predicted molar refractivity (Wildman–Crippen MR) is 205 cm³/mol. The van der Waals surface area contributed by atoms with Crippen LogP contribution in [-0.2, 0) is 24.2 Å². The van der Waals surface area contributed by atoms with E-state index >= 15 is 0 Å². The quantitative estimate of drug-likeness (QED) is 0.157. The van der Waals surface area contributed by atoms with Gasteiger partial charge in [0.05, 0.1) is 22.8 Å². The van der Waals surface area contributed by atoms with E-state index < -0.39 is 0 Å². The van der Waals surface area contributed by atoms with Crippen LogP contribution in [0.5, 0.6) is 0 Å². The van der Waals surface area contributed by atoms with E-state index in [1.807, 2.05) is 36.4 Å². The fraction of sp³-hybridized carbons (Fsp3) is 0.385. The average Bonchev–Trinajstić information content (AvgIpc) is 3.84. The molecule has 0 spiro atoms. The molecule has 3 fully saturated rings. The Bertz CT molecular complexity index is 2380. The highest BCUT2D eigenvalue weighted by Crippen LogP contribution is 2.41. The second kappa shape index (κ2) is 13.6. The second-order valence-electron chi connectivity index (χ2n) is 14.4. The zero-order valence-corrected chi connectivity index (χ0v) is 31.4. The number of nitrogens with zero attached hydrogens (tertiary/aromatic N) is 10. The van der Waals surface area contributed by atoms with Gasteiger partial charge in [-0.15, -0.1) is 43.1 Å². The van der Waals surface area contributed by atoms with Crippen LogP contribution in [0.3, 0.4) is 0 Å². The molecule has 0 bridgehead atoms. The molecule has 6 aromatic rings. The SMILES string of the molecule is CCc1cc2c(s1)C(=O)N(c1cccc(-c3nncn3C3CC3)n1)C2.O=C1c2sc(C3CCOCC3)cc2CN1c1cccc(-c2nncn2C2CC2)n1. The molecule has 2 aliphatic carbocycles. The Kier molecular flexibility index (Phi) is 8.44. The molecule has 0 atom stereocenters. The molecule has 274 valence electrons. The highest BCUT2D eigenvalue weighted by molar-refractivity contribution is 7.14. The molecule has 13 nitrogen and oxygen atoms in total. The Hall–Kier alpha value is -5.12. The molecule has 9 heterocycles. The van der Waals surface area contributed by atoms with E-state index in [4.69, 9.17) is 14.7 Å². The summed E-state index contributed by atoms with van der Waals surface area (Å²) in [5.41, 5.74) is 3.76. The van der Waals surface area contributed by atoms with Gasteiger partial charge in [0.25, 0.3) is 11.8 Å². The topological polar surface area (TPSA) is 137 Å². The van der Waals surface area contributed by atoms with Gasteiger partial charge in [0.2, 0.25) is 0 Å². The lowest BCUT2D eigenvalue weighted by Gasteiger charge is -2.21. The first-order valence-corrected chi connectivity index (χ1v) is 20.3. The number of anilines is 2. The minimum Gasteiger partial charge on any atom is -0.381 e. The molecule has 11 rings (SSSR count). The summed E-state index contributed by atoms with van der Waals surface area (Å²) >= 11 is 3.25. The normalized spacial score (nSPS) is 18.2. The molecule has 0 unspecified atom stereocenters. The Balaban J connectivity index is 0.000000135. The minimum absolute atomic E-state index is 0.0491. The highest BCUT2D eigenvalue weighted by atomic mass is 32.1. The number of carbonyl (C=O) groups is 2. The van der Waals surface area contributed by atoms with Crippen LogP contribution in [0.15, 0.2) is 61.2 Å². The zero-order valence-electron chi connectivity index (χ0n) is 29.8. The van der Waals surface area contributed by atoms with E-state index in [2.05, 4.69) is 48.6 Å². The van der Waals surface area contributed by atoms with Crippen molar-refractivity contribution in [2.45, 2.75) is 83.0 Å². The van der Waals surface area contributed by atoms with E-state index in [1.165, 1.54) is 9.75 Å². The summed E-state index contributed by atoms with van der Waals surface area (Å²) in [5, 5.41) is 16.6. The molecular weight excluding hydrogens is 721 g/mol. The number of aryl methyl sites for hydroxylation is 1. The summed E-state index contributed by atoms with van der Waals surface area (Å²) in [4.78, 5) is 43.2. The third-order valence-electron chi connectivity index (χ3n) is 10.7. The first-order chi connectivity index (χ1) is 26.5. The monoisotopic (exact) mass is 758 g/mol. The number of pyridine rings is 2. The van der Waals surface area contributed by atoms with Crippen LogP contribution < -0.4 is 9.80 Å². The van der Waals surface area contributed by atoms with Gasteiger partial charge in [-0.05, 0) is 98.4 Å². The summed E-state index contributed by atoms with van der Waals surface area (Å²) in [6, 6.07) is 16.9. The van der Waals surface area contributed by atoms with Crippen molar-refractivity contribution in [3.8, 4) is 23.0 Å². The first kappa shape index (κ1) is 33.4. The number of fused-ring (bicyclic) bond motifs is 2. The van der Waals surface area contributed by atoms with Gasteiger partial charge >= 0.3 is 0 Å². The van der Waals surface area contributed by atoms with Gasteiger partial charge in [-0.2, -0.15) is 0 Å². The molecule has 6 aromatic heterocycles. The van der Waals surface area contributed by atoms with Crippen molar-refractivity contribution >= 4 is 46.1 Å². The van der Waals surface area contributed by atoms with Crippen LogP contribution in [0.1, 0.15) is 104 Å². The molecule has 0 radical (unpaired) electrons. The van der Waals surface area contributed by atoms with Crippen molar-refractivity contribution in [3.05, 3.63) is 91.8 Å². The standard InChI is InChI=1S/C21H21N5O2S.C18H17N5OS/c27-21-19-14(10-17(29-19)13-6-8-28-9-7-13)11-25(21)18-3-1-2-16(23-18)20-24-22-12-26(20)15-4-5-15;1-2-13-8-11-9-22(18(24)16(11)25-13)15-5-3-4-14(20-15)17-21-19-10-23(17)12-6-7-12/h1-3,10,12-13,15H,4-9,11H2;3-5,8,10,12H,2,6-7,9H2,1H3. The molecule has 3 aliphatic heterocycles. The lowest BCUT2D eigenvalue weighted by Crippen LogP contribution is -2.24. The van der Waals surface area contributed by atoms with Gasteiger partial charge < -0.3 is 13.9 Å². The van der Waals surface area contributed by atoms with Crippen LogP contribution in [0.2, 0.25) is 0 Å². The van der Waals surface area contributed by atoms with E-state index in [0.717, 1.165) is 102 Å². The van der Waals surface area contributed by atoms with Gasteiger partial charge in [-0.25, -0.2) is 9.97 Å². The Morgan fingerprint density at radius 3 is 1.74 bits per heavy atom. The van der Waals surface area contributed by atoms with Crippen molar-refractivity contribution in [1.82, 2.24) is 39.5 Å². The number of amides is 2. The minimum atomic E-state index is 0.0491. The number of hydrogen-bond acceptors (Lipinski definition) is 11.